The number of pyridine rings is 1. The minimum atomic E-state index is -2.75. The van der Waals surface area contributed by atoms with Crippen molar-refractivity contribution in [2.75, 3.05) is 7.11 Å². The number of methoxy groups -OCH3 is 1. The Morgan fingerprint density at radius 3 is 2.54 bits per heavy atom. The van der Waals surface area contributed by atoms with Crippen LogP contribution in [0.1, 0.15) is 28.0 Å². The van der Waals surface area contributed by atoms with Crippen molar-refractivity contribution in [2.45, 2.75) is 13.0 Å². The van der Waals surface area contributed by atoms with E-state index in [1.165, 1.54) is 19.4 Å². The van der Waals surface area contributed by atoms with Crippen LogP contribution in [0.4, 0.5) is 8.78 Å². The maximum Gasteiger partial charge on any atom is 0.339 e. The Morgan fingerprint density at radius 2 is 1.86 bits per heavy atom. The lowest BCUT2D eigenvalue weighted by Crippen LogP contribution is -2.08. The van der Waals surface area contributed by atoms with Gasteiger partial charge in [-0.3, -0.25) is 4.98 Å². The fourth-order valence-electron chi connectivity index (χ4n) is 2.67. The SMILES string of the molecule is COc1cnc(C(F)F)cc1-c1cc(Br)ccc1C(=O)OCc1ccccc1. The minimum Gasteiger partial charge on any atom is -0.494 e. The van der Waals surface area contributed by atoms with Gasteiger partial charge in [0.25, 0.3) is 6.43 Å². The summed E-state index contributed by atoms with van der Waals surface area (Å²) in [6.07, 6.45) is -1.53. The smallest absolute Gasteiger partial charge is 0.339 e. The monoisotopic (exact) mass is 447 g/mol. The van der Waals surface area contributed by atoms with Crippen LogP contribution in [-0.4, -0.2) is 18.1 Å². The van der Waals surface area contributed by atoms with Crippen LogP contribution in [0.25, 0.3) is 11.1 Å². The molecule has 0 saturated heterocycles. The molecule has 0 radical (unpaired) electrons. The largest absolute Gasteiger partial charge is 0.494 e. The van der Waals surface area contributed by atoms with Crippen LogP contribution in [0.5, 0.6) is 5.75 Å². The molecule has 3 rings (SSSR count). The van der Waals surface area contributed by atoms with Gasteiger partial charge >= 0.3 is 5.97 Å². The molecule has 3 aromatic rings. The molecule has 0 aliphatic heterocycles. The van der Waals surface area contributed by atoms with E-state index in [1.54, 1.807) is 18.2 Å². The maximum atomic E-state index is 13.1. The van der Waals surface area contributed by atoms with Crippen LogP contribution in [0.15, 0.2) is 65.3 Å². The first kappa shape index (κ1) is 19.9. The van der Waals surface area contributed by atoms with Crippen LogP contribution >= 0.6 is 15.9 Å². The number of esters is 1. The molecule has 0 unspecified atom stereocenters. The zero-order valence-corrected chi connectivity index (χ0v) is 16.4. The van der Waals surface area contributed by atoms with E-state index < -0.39 is 18.1 Å². The third kappa shape index (κ3) is 4.54. The van der Waals surface area contributed by atoms with Crippen molar-refractivity contribution in [3.8, 4) is 16.9 Å². The normalized spacial score (nSPS) is 10.8. The number of alkyl halides is 2. The number of benzene rings is 2. The lowest BCUT2D eigenvalue weighted by Gasteiger charge is -2.14. The molecule has 2 aromatic carbocycles. The van der Waals surface area contributed by atoms with Gasteiger partial charge in [0.1, 0.15) is 18.1 Å². The Labute approximate surface area is 169 Å². The first-order valence-corrected chi connectivity index (χ1v) is 9.12. The Kier molecular flexibility index (Phi) is 6.36. The van der Waals surface area contributed by atoms with Crippen LogP contribution < -0.4 is 4.74 Å². The maximum absolute atomic E-state index is 13.1. The van der Waals surface area contributed by atoms with Gasteiger partial charge in [0, 0.05) is 15.6 Å². The van der Waals surface area contributed by atoms with Crippen molar-refractivity contribution < 1.29 is 23.0 Å². The number of aromatic nitrogens is 1. The first-order chi connectivity index (χ1) is 13.5. The van der Waals surface area contributed by atoms with Gasteiger partial charge in [-0.1, -0.05) is 46.3 Å². The van der Waals surface area contributed by atoms with Crippen LogP contribution in [-0.2, 0) is 11.3 Å². The van der Waals surface area contributed by atoms with E-state index in [-0.39, 0.29) is 17.9 Å². The fraction of sp³-hybridized carbons (Fsp3) is 0.143. The van der Waals surface area contributed by atoms with Crippen molar-refractivity contribution in [3.05, 3.63) is 82.1 Å². The molecule has 7 heteroatoms. The zero-order valence-electron chi connectivity index (χ0n) is 14.9. The van der Waals surface area contributed by atoms with E-state index in [4.69, 9.17) is 9.47 Å². The molecule has 0 amide bonds. The lowest BCUT2D eigenvalue weighted by atomic mass is 9.99. The summed E-state index contributed by atoms with van der Waals surface area (Å²) < 4.78 is 37.6. The second-order valence-corrected chi connectivity index (χ2v) is 6.78. The molecule has 0 atom stereocenters. The number of hydrogen-bond donors (Lipinski definition) is 0. The molecule has 0 saturated carbocycles. The van der Waals surface area contributed by atoms with Gasteiger partial charge in [-0.15, -0.1) is 0 Å². The lowest BCUT2D eigenvalue weighted by molar-refractivity contribution is 0.0473. The Bertz CT molecular complexity index is 981. The number of carbonyl (C=O) groups is 1. The first-order valence-electron chi connectivity index (χ1n) is 8.32. The number of nitrogens with zero attached hydrogens (tertiary/aromatic N) is 1. The summed E-state index contributed by atoms with van der Waals surface area (Å²) in [6.45, 7) is 0.102. The van der Waals surface area contributed by atoms with E-state index in [0.29, 0.717) is 15.6 Å². The molecule has 0 spiro atoms. The standard InChI is InChI=1S/C21H16BrF2NO3/c1-27-19-11-25-18(20(23)24)10-17(19)16-9-14(22)7-8-15(16)21(26)28-12-13-5-3-2-4-6-13/h2-11,20H,12H2,1H3. The molecule has 0 aliphatic carbocycles. The number of ether oxygens (including phenoxy) is 2. The highest BCUT2D eigenvalue weighted by molar-refractivity contribution is 9.10. The second-order valence-electron chi connectivity index (χ2n) is 5.86. The summed E-state index contributed by atoms with van der Waals surface area (Å²) in [7, 11) is 1.41. The van der Waals surface area contributed by atoms with Crippen molar-refractivity contribution in [1.82, 2.24) is 4.98 Å². The average molecular weight is 448 g/mol. The van der Waals surface area contributed by atoms with E-state index in [1.807, 2.05) is 30.3 Å². The summed E-state index contributed by atoms with van der Waals surface area (Å²) in [5, 5.41) is 0. The highest BCUT2D eigenvalue weighted by Crippen LogP contribution is 2.36. The summed E-state index contributed by atoms with van der Waals surface area (Å²) >= 11 is 3.36. The Balaban J connectivity index is 1.99. The zero-order chi connectivity index (χ0) is 20.1. The number of halogens is 3. The molecule has 1 heterocycles. The van der Waals surface area contributed by atoms with Gasteiger partial charge in [0.2, 0.25) is 0 Å². The summed E-state index contributed by atoms with van der Waals surface area (Å²) in [5.41, 5.74) is 1.42. The topological polar surface area (TPSA) is 48.4 Å². The predicted octanol–water partition coefficient (Wildman–Crippen LogP) is 5.81. The van der Waals surface area contributed by atoms with Crippen LogP contribution in [0.3, 0.4) is 0 Å². The fourth-order valence-corrected chi connectivity index (χ4v) is 3.03. The summed E-state index contributed by atoms with van der Waals surface area (Å²) in [4.78, 5) is 16.4. The van der Waals surface area contributed by atoms with Gasteiger partial charge in [-0.25, -0.2) is 13.6 Å². The van der Waals surface area contributed by atoms with E-state index >= 15 is 0 Å². The molecular formula is C21H16BrF2NO3. The van der Waals surface area contributed by atoms with Gasteiger partial charge < -0.3 is 9.47 Å². The molecule has 0 fully saturated rings. The van der Waals surface area contributed by atoms with E-state index in [2.05, 4.69) is 20.9 Å². The summed E-state index contributed by atoms with van der Waals surface area (Å²) in [5.74, 6) is -0.288. The van der Waals surface area contributed by atoms with Crippen LogP contribution in [0.2, 0.25) is 0 Å². The van der Waals surface area contributed by atoms with E-state index in [9.17, 15) is 13.6 Å². The van der Waals surface area contributed by atoms with Gasteiger partial charge in [-0.05, 0) is 29.8 Å². The van der Waals surface area contributed by atoms with Crippen molar-refractivity contribution in [1.29, 1.82) is 0 Å². The van der Waals surface area contributed by atoms with Crippen molar-refractivity contribution in [3.63, 3.8) is 0 Å². The minimum absolute atomic E-state index is 0.102. The highest BCUT2D eigenvalue weighted by Gasteiger charge is 2.20. The van der Waals surface area contributed by atoms with E-state index in [0.717, 1.165) is 5.56 Å². The second kappa shape index (κ2) is 8.93. The summed E-state index contributed by atoms with van der Waals surface area (Å²) in [6, 6.07) is 15.4. The molecule has 0 bridgehead atoms. The molecule has 4 nitrogen and oxygen atoms in total. The van der Waals surface area contributed by atoms with Gasteiger partial charge in [-0.2, -0.15) is 0 Å². The molecule has 0 aliphatic rings. The molecular weight excluding hydrogens is 432 g/mol. The third-order valence-electron chi connectivity index (χ3n) is 4.04. The third-order valence-corrected chi connectivity index (χ3v) is 4.53. The number of rotatable bonds is 6. The Morgan fingerprint density at radius 1 is 1.11 bits per heavy atom. The molecule has 28 heavy (non-hydrogen) atoms. The predicted molar refractivity (Wildman–Crippen MR) is 104 cm³/mol. The van der Waals surface area contributed by atoms with Gasteiger partial charge in [0.15, 0.2) is 0 Å². The molecule has 144 valence electrons. The molecule has 1 aromatic heterocycles. The number of hydrogen-bond acceptors (Lipinski definition) is 4. The van der Waals surface area contributed by atoms with Crippen LogP contribution in [0, 0.1) is 0 Å². The number of carbonyl (C=O) groups excluding carboxylic acids is 1. The van der Waals surface area contributed by atoms with Crippen molar-refractivity contribution in [2.24, 2.45) is 0 Å². The highest BCUT2D eigenvalue weighted by atomic mass is 79.9. The van der Waals surface area contributed by atoms with Crippen molar-refractivity contribution >= 4 is 21.9 Å². The Hall–Kier alpha value is -2.80. The average Bonchev–Trinajstić information content (AvgIpc) is 2.72. The quantitative estimate of drug-likeness (QED) is 0.447. The molecule has 0 N–H and O–H groups in total. The van der Waals surface area contributed by atoms with Gasteiger partial charge in [0.05, 0.1) is 18.9 Å².